The van der Waals surface area contributed by atoms with E-state index in [1.165, 1.54) is 24.2 Å². The van der Waals surface area contributed by atoms with Crippen molar-refractivity contribution in [3.8, 4) is 0 Å². The first-order valence-corrected chi connectivity index (χ1v) is 5.06. The van der Waals surface area contributed by atoms with E-state index in [4.69, 9.17) is 0 Å². The Hall–Kier alpha value is -0.680. The molecule has 5 heteroatoms. The maximum Gasteiger partial charge on any atom is 0.205 e. The van der Waals surface area contributed by atoms with Crippen LogP contribution in [0.5, 0.6) is 0 Å². The summed E-state index contributed by atoms with van der Waals surface area (Å²) in [5.74, 6) is 0. The number of aromatic nitrogens is 2. The molecule has 2 rings (SSSR count). The average molecular weight is 184 g/mol. The van der Waals surface area contributed by atoms with Crippen LogP contribution in [0.4, 0.5) is 5.13 Å². The van der Waals surface area contributed by atoms with Crippen molar-refractivity contribution in [3.63, 3.8) is 0 Å². The predicted molar refractivity (Wildman–Crippen MR) is 49.4 cm³/mol. The standard InChI is InChI=1S/C7H12N4S/c1-2-6(1)8-3-4-9-7-11-10-5-12-7/h5-6,8H,1-4H2,(H,9,11). The van der Waals surface area contributed by atoms with E-state index in [2.05, 4.69) is 20.8 Å². The zero-order chi connectivity index (χ0) is 8.23. The van der Waals surface area contributed by atoms with Crippen molar-refractivity contribution in [2.45, 2.75) is 18.9 Å². The Morgan fingerprint density at radius 2 is 2.42 bits per heavy atom. The fourth-order valence-electron chi connectivity index (χ4n) is 0.983. The van der Waals surface area contributed by atoms with Crippen molar-refractivity contribution in [2.24, 2.45) is 0 Å². The summed E-state index contributed by atoms with van der Waals surface area (Å²) in [7, 11) is 0. The van der Waals surface area contributed by atoms with Gasteiger partial charge in [0, 0.05) is 19.1 Å². The first-order chi connectivity index (χ1) is 5.95. The molecule has 66 valence electrons. The van der Waals surface area contributed by atoms with Gasteiger partial charge in [-0.05, 0) is 12.8 Å². The molecule has 1 saturated carbocycles. The van der Waals surface area contributed by atoms with Crippen molar-refractivity contribution in [3.05, 3.63) is 5.51 Å². The third-order valence-corrected chi connectivity index (χ3v) is 2.42. The van der Waals surface area contributed by atoms with E-state index in [0.29, 0.717) is 0 Å². The van der Waals surface area contributed by atoms with Crippen LogP contribution in [0.25, 0.3) is 0 Å². The maximum absolute atomic E-state index is 3.88. The molecule has 0 bridgehead atoms. The van der Waals surface area contributed by atoms with Crippen LogP contribution < -0.4 is 10.6 Å². The molecular formula is C7H12N4S. The fraction of sp³-hybridized carbons (Fsp3) is 0.714. The van der Waals surface area contributed by atoms with Crippen LogP contribution >= 0.6 is 11.3 Å². The van der Waals surface area contributed by atoms with Crippen molar-refractivity contribution in [1.82, 2.24) is 15.5 Å². The molecule has 12 heavy (non-hydrogen) atoms. The topological polar surface area (TPSA) is 49.8 Å². The van der Waals surface area contributed by atoms with Gasteiger partial charge >= 0.3 is 0 Å². The summed E-state index contributed by atoms with van der Waals surface area (Å²) in [6, 6.07) is 0.793. The van der Waals surface area contributed by atoms with E-state index >= 15 is 0 Å². The van der Waals surface area contributed by atoms with Crippen LogP contribution in [0.2, 0.25) is 0 Å². The zero-order valence-electron chi connectivity index (χ0n) is 6.79. The summed E-state index contributed by atoms with van der Waals surface area (Å²) in [6.07, 6.45) is 2.69. The van der Waals surface area contributed by atoms with Crippen LogP contribution in [0.1, 0.15) is 12.8 Å². The predicted octanol–water partition coefficient (Wildman–Crippen LogP) is 0.702. The highest BCUT2D eigenvalue weighted by Crippen LogP contribution is 2.17. The van der Waals surface area contributed by atoms with Gasteiger partial charge in [-0.2, -0.15) is 0 Å². The van der Waals surface area contributed by atoms with Gasteiger partial charge in [-0.25, -0.2) is 0 Å². The second kappa shape index (κ2) is 3.82. The smallest absolute Gasteiger partial charge is 0.205 e. The minimum Gasteiger partial charge on any atom is -0.359 e. The van der Waals surface area contributed by atoms with Gasteiger partial charge in [0.1, 0.15) is 5.51 Å². The Balaban J connectivity index is 1.56. The molecule has 4 nitrogen and oxygen atoms in total. The number of hydrogen-bond acceptors (Lipinski definition) is 5. The van der Waals surface area contributed by atoms with Crippen molar-refractivity contribution in [1.29, 1.82) is 0 Å². The van der Waals surface area contributed by atoms with Gasteiger partial charge in [0.2, 0.25) is 5.13 Å². The van der Waals surface area contributed by atoms with Gasteiger partial charge in [-0.1, -0.05) is 11.3 Å². The molecule has 1 aromatic rings. The fourth-order valence-corrected chi connectivity index (χ4v) is 1.46. The molecule has 0 aliphatic heterocycles. The molecule has 0 unspecified atom stereocenters. The van der Waals surface area contributed by atoms with Crippen LogP contribution in [0.3, 0.4) is 0 Å². The number of hydrogen-bond donors (Lipinski definition) is 2. The van der Waals surface area contributed by atoms with Crippen molar-refractivity contribution < 1.29 is 0 Å². The zero-order valence-corrected chi connectivity index (χ0v) is 7.60. The summed E-state index contributed by atoms with van der Waals surface area (Å²) in [4.78, 5) is 0. The van der Waals surface area contributed by atoms with Crippen LogP contribution in [-0.2, 0) is 0 Å². The van der Waals surface area contributed by atoms with Gasteiger partial charge in [0.25, 0.3) is 0 Å². The Bertz CT molecular complexity index is 219. The number of rotatable bonds is 5. The highest BCUT2D eigenvalue weighted by atomic mass is 32.1. The summed E-state index contributed by atoms with van der Waals surface area (Å²) >= 11 is 1.54. The molecule has 2 N–H and O–H groups in total. The highest BCUT2D eigenvalue weighted by molar-refractivity contribution is 7.13. The monoisotopic (exact) mass is 184 g/mol. The van der Waals surface area contributed by atoms with Gasteiger partial charge in [0.05, 0.1) is 0 Å². The molecule has 0 spiro atoms. The summed E-state index contributed by atoms with van der Waals surface area (Å²) in [5.41, 5.74) is 1.73. The molecule has 1 aliphatic carbocycles. The van der Waals surface area contributed by atoms with Crippen LogP contribution in [0.15, 0.2) is 5.51 Å². The van der Waals surface area contributed by atoms with Gasteiger partial charge in [-0.3, -0.25) is 0 Å². The lowest BCUT2D eigenvalue weighted by molar-refractivity contribution is 0.701. The van der Waals surface area contributed by atoms with Crippen molar-refractivity contribution >= 4 is 16.5 Å². The van der Waals surface area contributed by atoms with Gasteiger partial charge in [-0.15, -0.1) is 10.2 Å². The van der Waals surface area contributed by atoms with Gasteiger partial charge < -0.3 is 10.6 Å². The summed E-state index contributed by atoms with van der Waals surface area (Å²) in [5, 5.41) is 15.1. The first-order valence-electron chi connectivity index (χ1n) is 4.18. The molecule has 0 amide bonds. The van der Waals surface area contributed by atoms with E-state index in [1.807, 2.05) is 0 Å². The quantitative estimate of drug-likeness (QED) is 0.661. The Morgan fingerprint density at radius 1 is 1.50 bits per heavy atom. The van der Waals surface area contributed by atoms with E-state index in [1.54, 1.807) is 5.51 Å². The Labute approximate surface area is 75.4 Å². The third-order valence-electron chi connectivity index (χ3n) is 1.77. The Morgan fingerprint density at radius 3 is 3.08 bits per heavy atom. The second-order valence-electron chi connectivity index (χ2n) is 2.90. The molecule has 1 heterocycles. The molecule has 0 radical (unpaired) electrons. The third kappa shape index (κ3) is 2.42. The molecule has 0 atom stereocenters. The molecule has 1 aliphatic rings. The second-order valence-corrected chi connectivity index (χ2v) is 3.73. The lowest BCUT2D eigenvalue weighted by Crippen LogP contribution is -2.23. The van der Waals surface area contributed by atoms with Crippen molar-refractivity contribution in [2.75, 3.05) is 18.4 Å². The van der Waals surface area contributed by atoms with Gasteiger partial charge in [0.15, 0.2) is 0 Å². The van der Waals surface area contributed by atoms with E-state index in [0.717, 1.165) is 24.3 Å². The summed E-state index contributed by atoms with van der Waals surface area (Å²) in [6.45, 7) is 1.95. The van der Waals surface area contributed by atoms with E-state index in [-0.39, 0.29) is 0 Å². The number of nitrogens with zero attached hydrogens (tertiary/aromatic N) is 2. The van der Waals surface area contributed by atoms with Crippen LogP contribution in [0, 0.1) is 0 Å². The lowest BCUT2D eigenvalue weighted by atomic mass is 10.6. The normalized spacial score (nSPS) is 16.3. The molecule has 1 fully saturated rings. The minimum atomic E-state index is 0.793. The lowest BCUT2D eigenvalue weighted by Gasteiger charge is -2.02. The average Bonchev–Trinajstić information content (AvgIpc) is 2.76. The first kappa shape index (κ1) is 7.94. The molecule has 0 aromatic carbocycles. The number of nitrogens with one attached hydrogen (secondary N) is 2. The van der Waals surface area contributed by atoms with E-state index in [9.17, 15) is 0 Å². The minimum absolute atomic E-state index is 0.793. The molecule has 1 aromatic heterocycles. The Kier molecular flexibility index (Phi) is 2.53. The highest BCUT2D eigenvalue weighted by Gasteiger charge is 2.19. The molecule has 0 saturated heterocycles. The SMILES string of the molecule is c1nnc(NCCNC2CC2)s1. The maximum atomic E-state index is 3.88. The molecular weight excluding hydrogens is 172 g/mol. The van der Waals surface area contributed by atoms with Crippen LogP contribution in [-0.4, -0.2) is 29.3 Å². The largest absolute Gasteiger partial charge is 0.359 e. The van der Waals surface area contributed by atoms with E-state index < -0.39 is 0 Å². The summed E-state index contributed by atoms with van der Waals surface area (Å²) < 4.78 is 0. The number of anilines is 1.